The normalized spacial score (nSPS) is 18.0. The summed E-state index contributed by atoms with van der Waals surface area (Å²) in [6, 6.07) is 6.22. The molecular weight excluding hydrogens is 296 g/mol. The zero-order chi connectivity index (χ0) is 16.4. The number of nitrogens with zero attached hydrogens (tertiary/aromatic N) is 4. The Labute approximate surface area is 134 Å². The zero-order valence-electron chi connectivity index (χ0n) is 13.3. The second-order valence-corrected chi connectivity index (χ2v) is 6.14. The molecule has 2 aromatic rings. The minimum atomic E-state index is -0.428. The van der Waals surface area contributed by atoms with Crippen LogP contribution >= 0.6 is 0 Å². The Bertz CT molecular complexity index is 675. The van der Waals surface area contributed by atoms with Crippen LogP contribution < -0.4 is 0 Å². The summed E-state index contributed by atoms with van der Waals surface area (Å²) in [6.45, 7) is 6.43. The molecule has 1 fully saturated rings. The third-order valence-corrected chi connectivity index (χ3v) is 4.49. The molecule has 1 unspecified atom stereocenters. The first-order valence-electron chi connectivity index (χ1n) is 7.87. The maximum Gasteiger partial charge on any atom is 0.269 e. The number of likely N-dealkylation sites (tertiary alicyclic amines) is 1. The number of aromatic nitrogens is 2. The topological polar surface area (TPSA) is 85.3 Å². The van der Waals surface area contributed by atoms with Crippen molar-refractivity contribution < 1.29 is 9.34 Å². The maximum atomic E-state index is 10.7. The summed E-state index contributed by atoms with van der Waals surface area (Å²) >= 11 is 0. The van der Waals surface area contributed by atoms with Crippen molar-refractivity contribution in [2.24, 2.45) is 5.92 Å². The second kappa shape index (κ2) is 6.45. The van der Waals surface area contributed by atoms with Gasteiger partial charge in [0.15, 0.2) is 0 Å². The predicted molar refractivity (Wildman–Crippen MR) is 84.8 cm³/mol. The average Bonchev–Trinajstić information content (AvgIpc) is 3.05. The molecule has 0 spiro atoms. The zero-order valence-corrected chi connectivity index (χ0v) is 13.3. The van der Waals surface area contributed by atoms with Crippen LogP contribution in [0.2, 0.25) is 0 Å². The van der Waals surface area contributed by atoms with Crippen molar-refractivity contribution in [1.82, 2.24) is 15.1 Å². The highest BCUT2D eigenvalue weighted by molar-refractivity contribution is 5.55. The Balaban J connectivity index is 1.73. The monoisotopic (exact) mass is 316 g/mol. The van der Waals surface area contributed by atoms with Crippen LogP contribution in [-0.4, -0.2) is 33.1 Å². The van der Waals surface area contributed by atoms with E-state index in [1.807, 2.05) is 0 Å². The Morgan fingerprint density at radius 1 is 1.26 bits per heavy atom. The highest BCUT2D eigenvalue weighted by Crippen LogP contribution is 2.28. The van der Waals surface area contributed by atoms with Gasteiger partial charge in [-0.15, -0.1) is 10.2 Å². The molecule has 2 heterocycles. The molecule has 122 valence electrons. The van der Waals surface area contributed by atoms with Gasteiger partial charge in [-0.25, -0.2) is 0 Å². The van der Waals surface area contributed by atoms with Gasteiger partial charge in [0.25, 0.3) is 5.69 Å². The van der Waals surface area contributed by atoms with Crippen LogP contribution in [-0.2, 0) is 0 Å². The van der Waals surface area contributed by atoms with Crippen LogP contribution in [0.5, 0.6) is 0 Å². The SMILES string of the molecule is CC1CCN(C(C)c2nnc(-c3ccc([N+](=O)[O-])cc3)o2)CC1. The Kier molecular flexibility index (Phi) is 4.38. The van der Waals surface area contributed by atoms with E-state index in [1.165, 1.54) is 25.0 Å². The Morgan fingerprint density at radius 2 is 1.91 bits per heavy atom. The van der Waals surface area contributed by atoms with Crippen LogP contribution in [0.3, 0.4) is 0 Å². The van der Waals surface area contributed by atoms with Crippen LogP contribution in [0, 0.1) is 16.0 Å². The van der Waals surface area contributed by atoms with Crippen molar-refractivity contribution in [2.75, 3.05) is 13.1 Å². The van der Waals surface area contributed by atoms with Gasteiger partial charge in [-0.2, -0.15) is 0 Å². The summed E-state index contributed by atoms with van der Waals surface area (Å²) in [5, 5.41) is 18.9. The third kappa shape index (κ3) is 3.39. The number of non-ortho nitro benzene ring substituents is 1. The molecule has 0 saturated carbocycles. The van der Waals surface area contributed by atoms with Gasteiger partial charge in [-0.3, -0.25) is 15.0 Å². The highest BCUT2D eigenvalue weighted by atomic mass is 16.6. The molecular formula is C16H20N4O3. The van der Waals surface area contributed by atoms with Crippen molar-refractivity contribution in [1.29, 1.82) is 0 Å². The molecule has 3 rings (SSSR count). The smallest absolute Gasteiger partial charge is 0.269 e. The average molecular weight is 316 g/mol. The first kappa shape index (κ1) is 15.6. The molecule has 1 aliphatic rings. The van der Waals surface area contributed by atoms with Gasteiger partial charge < -0.3 is 4.42 Å². The van der Waals surface area contributed by atoms with E-state index in [1.54, 1.807) is 12.1 Å². The Hall–Kier alpha value is -2.28. The molecule has 1 aliphatic heterocycles. The fourth-order valence-corrected chi connectivity index (χ4v) is 2.82. The molecule has 1 atom stereocenters. The lowest BCUT2D eigenvalue weighted by molar-refractivity contribution is -0.384. The van der Waals surface area contributed by atoms with Gasteiger partial charge in [0.05, 0.1) is 11.0 Å². The van der Waals surface area contributed by atoms with E-state index in [4.69, 9.17) is 4.42 Å². The minimum absolute atomic E-state index is 0.0456. The number of hydrogen-bond donors (Lipinski definition) is 0. The highest BCUT2D eigenvalue weighted by Gasteiger charge is 2.25. The molecule has 1 saturated heterocycles. The van der Waals surface area contributed by atoms with E-state index in [9.17, 15) is 10.1 Å². The molecule has 0 amide bonds. The molecule has 0 radical (unpaired) electrons. The number of hydrogen-bond acceptors (Lipinski definition) is 6. The Morgan fingerprint density at radius 3 is 2.52 bits per heavy atom. The maximum absolute atomic E-state index is 10.7. The van der Waals surface area contributed by atoms with Gasteiger partial charge in [-0.1, -0.05) is 6.92 Å². The molecule has 0 N–H and O–H groups in total. The van der Waals surface area contributed by atoms with Crippen molar-refractivity contribution in [3.8, 4) is 11.5 Å². The van der Waals surface area contributed by atoms with Crippen LogP contribution in [0.4, 0.5) is 5.69 Å². The first-order valence-corrected chi connectivity index (χ1v) is 7.87. The summed E-state index contributed by atoms with van der Waals surface area (Å²) in [4.78, 5) is 12.6. The van der Waals surface area contributed by atoms with Gasteiger partial charge in [0, 0.05) is 17.7 Å². The number of nitro groups is 1. The van der Waals surface area contributed by atoms with Crippen molar-refractivity contribution >= 4 is 5.69 Å². The lowest BCUT2D eigenvalue weighted by Crippen LogP contribution is -2.35. The summed E-state index contributed by atoms with van der Waals surface area (Å²) in [7, 11) is 0. The quantitative estimate of drug-likeness (QED) is 0.634. The van der Waals surface area contributed by atoms with E-state index in [2.05, 4.69) is 28.9 Å². The summed E-state index contributed by atoms with van der Waals surface area (Å²) in [5.74, 6) is 1.76. The standard InChI is InChI=1S/C16H20N4O3/c1-11-7-9-19(10-8-11)12(2)15-17-18-16(23-15)13-3-5-14(6-4-13)20(21)22/h3-6,11-12H,7-10H2,1-2H3. The van der Waals surface area contributed by atoms with Crippen LogP contribution in [0.25, 0.3) is 11.5 Å². The molecule has 23 heavy (non-hydrogen) atoms. The fraction of sp³-hybridized carbons (Fsp3) is 0.500. The molecule has 1 aromatic carbocycles. The number of rotatable bonds is 4. The molecule has 0 aliphatic carbocycles. The predicted octanol–water partition coefficient (Wildman–Crippen LogP) is 3.44. The summed E-state index contributed by atoms with van der Waals surface area (Å²) in [6.07, 6.45) is 2.38. The largest absolute Gasteiger partial charge is 0.419 e. The van der Waals surface area contributed by atoms with Crippen LogP contribution in [0.1, 0.15) is 38.6 Å². The van der Waals surface area contributed by atoms with E-state index in [0.29, 0.717) is 17.3 Å². The lowest BCUT2D eigenvalue weighted by atomic mass is 9.98. The van der Waals surface area contributed by atoms with Crippen molar-refractivity contribution in [3.63, 3.8) is 0 Å². The summed E-state index contributed by atoms with van der Waals surface area (Å²) < 4.78 is 5.78. The van der Waals surface area contributed by atoms with E-state index >= 15 is 0 Å². The van der Waals surface area contributed by atoms with Gasteiger partial charge in [0.2, 0.25) is 11.8 Å². The first-order chi connectivity index (χ1) is 11.0. The molecule has 7 nitrogen and oxygen atoms in total. The van der Waals surface area contributed by atoms with Gasteiger partial charge in [0.1, 0.15) is 0 Å². The van der Waals surface area contributed by atoms with Crippen LogP contribution in [0.15, 0.2) is 28.7 Å². The molecule has 0 bridgehead atoms. The minimum Gasteiger partial charge on any atom is -0.419 e. The third-order valence-electron chi connectivity index (χ3n) is 4.49. The summed E-state index contributed by atoms with van der Waals surface area (Å²) in [5.41, 5.74) is 0.734. The van der Waals surface area contributed by atoms with Gasteiger partial charge in [-0.05, 0) is 50.9 Å². The fourth-order valence-electron chi connectivity index (χ4n) is 2.82. The molecule has 1 aromatic heterocycles. The second-order valence-electron chi connectivity index (χ2n) is 6.14. The van der Waals surface area contributed by atoms with E-state index < -0.39 is 4.92 Å². The molecule has 7 heteroatoms. The number of benzene rings is 1. The number of nitro benzene ring substituents is 1. The van der Waals surface area contributed by atoms with E-state index in [-0.39, 0.29) is 11.7 Å². The lowest BCUT2D eigenvalue weighted by Gasteiger charge is -2.33. The van der Waals surface area contributed by atoms with E-state index in [0.717, 1.165) is 19.0 Å². The number of piperidine rings is 1. The van der Waals surface area contributed by atoms with Gasteiger partial charge >= 0.3 is 0 Å². The van der Waals surface area contributed by atoms with Crippen molar-refractivity contribution in [3.05, 3.63) is 40.3 Å². The van der Waals surface area contributed by atoms with Crippen molar-refractivity contribution in [2.45, 2.75) is 32.7 Å².